The van der Waals surface area contributed by atoms with Crippen LogP contribution in [0.25, 0.3) is 0 Å². The highest BCUT2D eigenvalue weighted by atomic mass is 19.1. The molecule has 0 unspecified atom stereocenters. The van der Waals surface area contributed by atoms with Crippen molar-refractivity contribution in [2.45, 2.75) is 19.4 Å². The maximum absolute atomic E-state index is 13.1. The summed E-state index contributed by atoms with van der Waals surface area (Å²) in [4.78, 5) is 35.2. The molecule has 0 saturated heterocycles. The van der Waals surface area contributed by atoms with Crippen LogP contribution in [0.2, 0.25) is 0 Å². The number of hydrogen-bond donors (Lipinski definition) is 1. The maximum Gasteiger partial charge on any atom is 0.328 e. The van der Waals surface area contributed by atoms with E-state index < -0.39 is 35.6 Å². The van der Waals surface area contributed by atoms with Crippen molar-refractivity contribution in [3.05, 3.63) is 35.6 Å². The Kier molecular flexibility index (Phi) is 6.49. The van der Waals surface area contributed by atoms with E-state index in [9.17, 15) is 18.8 Å². The summed E-state index contributed by atoms with van der Waals surface area (Å²) in [5, 5.41) is 2.45. The lowest BCUT2D eigenvalue weighted by atomic mass is 9.98. The first-order valence-corrected chi connectivity index (χ1v) is 6.60. The quantitative estimate of drug-likeness (QED) is 0.801. The molecule has 1 amide bonds. The molecule has 22 heavy (non-hydrogen) atoms. The molecule has 0 aromatic heterocycles. The van der Waals surface area contributed by atoms with Crippen LogP contribution >= 0.6 is 0 Å². The van der Waals surface area contributed by atoms with Crippen molar-refractivity contribution in [3.8, 4) is 0 Å². The third kappa shape index (κ3) is 4.83. The highest BCUT2D eigenvalue weighted by Crippen LogP contribution is 2.12. The zero-order chi connectivity index (χ0) is 16.7. The number of benzene rings is 1. The summed E-state index contributed by atoms with van der Waals surface area (Å²) in [5.74, 6) is -2.95. The van der Waals surface area contributed by atoms with Crippen LogP contribution in [0.5, 0.6) is 0 Å². The normalized spacial score (nSPS) is 12.9. The second-order valence-electron chi connectivity index (χ2n) is 4.74. The van der Waals surface area contributed by atoms with Gasteiger partial charge in [-0.25, -0.2) is 9.18 Å². The molecule has 0 spiro atoms. The number of esters is 2. The van der Waals surface area contributed by atoms with E-state index in [0.717, 1.165) is 6.07 Å². The van der Waals surface area contributed by atoms with Crippen LogP contribution in [0.3, 0.4) is 0 Å². The Balaban J connectivity index is 2.87. The van der Waals surface area contributed by atoms with Crippen molar-refractivity contribution >= 4 is 17.8 Å². The van der Waals surface area contributed by atoms with Crippen LogP contribution in [-0.2, 0) is 19.1 Å². The van der Waals surface area contributed by atoms with E-state index >= 15 is 0 Å². The Morgan fingerprint density at radius 1 is 1.23 bits per heavy atom. The van der Waals surface area contributed by atoms with Gasteiger partial charge in [0.25, 0.3) is 5.91 Å². The number of halogens is 1. The molecule has 0 aliphatic rings. The number of carbonyl (C=O) groups is 3. The molecule has 0 aliphatic carbocycles. The SMILES string of the molecule is COC(=O)C[C@@H](C)[C@H](NC(=O)c1cccc(F)c1)C(=O)OC. The molecule has 1 rings (SSSR count). The van der Waals surface area contributed by atoms with E-state index in [0.29, 0.717) is 0 Å². The molecule has 0 aliphatic heterocycles. The van der Waals surface area contributed by atoms with Gasteiger partial charge in [0, 0.05) is 5.56 Å². The molecule has 1 N–H and O–H groups in total. The van der Waals surface area contributed by atoms with Crippen molar-refractivity contribution in [1.82, 2.24) is 5.32 Å². The number of ether oxygens (including phenoxy) is 2. The lowest BCUT2D eigenvalue weighted by Crippen LogP contribution is -2.46. The first kappa shape index (κ1) is 17.6. The average Bonchev–Trinajstić information content (AvgIpc) is 2.51. The molecule has 7 heteroatoms. The predicted molar refractivity (Wildman–Crippen MR) is 75.5 cm³/mol. The Morgan fingerprint density at radius 2 is 1.91 bits per heavy atom. The van der Waals surface area contributed by atoms with Crippen LogP contribution in [0.4, 0.5) is 4.39 Å². The molecule has 1 aromatic carbocycles. The van der Waals surface area contributed by atoms with Crippen molar-refractivity contribution in [1.29, 1.82) is 0 Å². The van der Waals surface area contributed by atoms with Crippen LogP contribution < -0.4 is 5.32 Å². The number of hydrogen-bond acceptors (Lipinski definition) is 5. The van der Waals surface area contributed by atoms with E-state index in [4.69, 9.17) is 0 Å². The van der Waals surface area contributed by atoms with Gasteiger partial charge in [0.1, 0.15) is 11.9 Å². The zero-order valence-corrected chi connectivity index (χ0v) is 12.6. The summed E-state index contributed by atoms with van der Waals surface area (Å²) in [7, 11) is 2.40. The van der Waals surface area contributed by atoms with Crippen LogP contribution in [-0.4, -0.2) is 38.1 Å². The molecule has 0 fully saturated rings. The summed E-state index contributed by atoms with van der Waals surface area (Å²) >= 11 is 0. The second kappa shape index (κ2) is 8.11. The van der Waals surface area contributed by atoms with Gasteiger partial charge in [0.05, 0.1) is 20.6 Å². The Morgan fingerprint density at radius 3 is 2.45 bits per heavy atom. The molecular formula is C15H18FNO5. The highest BCUT2D eigenvalue weighted by Gasteiger charge is 2.30. The molecule has 120 valence electrons. The van der Waals surface area contributed by atoms with E-state index in [-0.39, 0.29) is 12.0 Å². The number of amides is 1. The number of carbonyl (C=O) groups excluding carboxylic acids is 3. The van der Waals surface area contributed by atoms with Gasteiger partial charge < -0.3 is 14.8 Å². The van der Waals surface area contributed by atoms with Gasteiger partial charge in [-0.2, -0.15) is 0 Å². The first-order valence-electron chi connectivity index (χ1n) is 6.60. The van der Waals surface area contributed by atoms with E-state index in [1.165, 1.54) is 32.4 Å². The minimum atomic E-state index is -1.04. The summed E-state index contributed by atoms with van der Waals surface area (Å²) < 4.78 is 22.3. The monoisotopic (exact) mass is 311 g/mol. The molecule has 2 atom stereocenters. The third-order valence-corrected chi connectivity index (χ3v) is 3.11. The van der Waals surface area contributed by atoms with Gasteiger partial charge in [0.15, 0.2) is 0 Å². The summed E-state index contributed by atoms with van der Waals surface area (Å²) in [5.41, 5.74) is 0.0687. The average molecular weight is 311 g/mol. The largest absolute Gasteiger partial charge is 0.469 e. The minimum Gasteiger partial charge on any atom is -0.469 e. The van der Waals surface area contributed by atoms with Gasteiger partial charge >= 0.3 is 11.9 Å². The van der Waals surface area contributed by atoms with E-state index in [1.807, 2.05) is 0 Å². The molecule has 0 radical (unpaired) electrons. The Labute approximate surface area is 127 Å². The highest BCUT2D eigenvalue weighted by molar-refractivity contribution is 5.96. The standard InChI is InChI=1S/C15H18FNO5/c1-9(7-12(18)21-2)13(15(20)22-3)17-14(19)10-5-4-6-11(16)8-10/h4-6,8-9,13H,7H2,1-3H3,(H,17,19)/t9-,13+/m1/s1. The van der Waals surface area contributed by atoms with Crippen molar-refractivity contribution in [3.63, 3.8) is 0 Å². The Hall–Kier alpha value is -2.44. The number of nitrogens with one attached hydrogen (secondary N) is 1. The van der Waals surface area contributed by atoms with Gasteiger partial charge in [0.2, 0.25) is 0 Å². The second-order valence-corrected chi connectivity index (χ2v) is 4.74. The topological polar surface area (TPSA) is 81.7 Å². The van der Waals surface area contributed by atoms with Crippen LogP contribution in [0.1, 0.15) is 23.7 Å². The Bertz CT molecular complexity index is 561. The zero-order valence-electron chi connectivity index (χ0n) is 12.6. The molecule has 0 bridgehead atoms. The van der Waals surface area contributed by atoms with Crippen molar-refractivity contribution < 1.29 is 28.2 Å². The maximum atomic E-state index is 13.1. The summed E-state index contributed by atoms with van der Waals surface area (Å²) in [6.07, 6.45) is -0.0697. The first-order chi connectivity index (χ1) is 10.4. The number of methoxy groups -OCH3 is 2. The summed E-state index contributed by atoms with van der Waals surface area (Å²) in [6.45, 7) is 1.60. The fourth-order valence-electron chi connectivity index (χ4n) is 1.88. The van der Waals surface area contributed by atoms with Crippen LogP contribution in [0, 0.1) is 11.7 Å². The van der Waals surface area contributed by atoms with E-state index in [1.54, 1.807) is 6.92 Å². The fraction of sp³-hybridized carbons (Fsp3) is 0.400. The lowest BCUT2D eigenvalue weighted by molar-refractivity contribution is -0.146. The molecular weight excluding hydrogens is 293 g/mol. The minimum absolute atomic E-state index is 0.0687. The molecule has 0 heterocycles. The number of rotatable bonds is 6. The molecule has 0 saturated carbocycles. The van der Waals surface area contributed by atoms with E-state index in [2.05, 4.69) is 14.8 Å². The lowest BCUT2D eigenvalue weighted by Gasteiger charge is -2.22. The van der Waals surface area contributed by atoms with Gasteiger partial charge in [-0.15, -0.1) is 0 Å². The van der Waals surface area contributed by atoms with Crippen LogP contribution in [0.15, 0.2) is 24.3 Å². The van der Waals surface area contributed by atoms with Gasteiger partial charge in [-0.3, -0.25) is 9.59 Å². The smallest absolute Gasteiger partial charge is 0.328 e. The predicted octanol–water partition coefficient (Wildman–Crippen LogP) is 1.30. The van der Waals surface area contributed by atoms with Crippen molar-refractivity contribution in [2.24, 2.45) is 5.92 Å². The fourth-order valence-corrected chi connectivity index (χ4v) is 1.88. The third-order valence-electron chi connectivity index (χ3n) is 3.11. The van der Waals surface area contributed by atoms with Gasteiger partial charge in [-0.1, -0.05) is 13.0 Å². The van der Waals surface area contributed by atoms with Crippen molar-refractivity contribution in [2.75, 3.05) is 14.2 Å². The molecule has 6 nitrogen and oxygen atoms in total. The van der Waals surface area contributed by atoms with Gasteiger partial charge in [-0.05, 0) is 24.1 Å². The summed E-state index contributed by atoms with van der Waals surface area (Å²) in [6, 6.07) is 4.01. The molecule has 1 aromatic rings.